The number of non-ortho nitro benzene ring substituents is 1. The van der Waals surface area contributed by atoms with Crippen LogP contribution in [0.3, 0.4) is 0 Å². The van der Waals surface area contributed by atoms with E-state index in [0.717, 1.165) is 4.47 Å². The van der Waals surface area contributed by atoms with Gasteiger partial charge in [0, 0.05) is 32.8 Å². The molecule has 0 saturated heterocycles. The number of nitro groups is 1. The van der Waals surface area contributed by atoms with Crippen molar-refractivity contribution >= 4 is 51.2 Å². The van der Waals surface area contributed by atoms with E-state index in [0.29, 0.717) is 5.56 Å². The summed E-state index contributed by atoms with van der Waals surface area (Å²) >= 11 is 9.17. The van der Waals surface area contributed by atoms with Crippen molar-refractivity contribution in [2.75, 3.05) is 6.54 Å². The Labute approximate surface area is 161 Å². The molecule has 0 atom stereocenters. The fourth-order valence-corrected chi connectivity index (χ4v) is 2.41. The average molecular weight is 440 g/mol. The van der Waals surface area contributed by atoms with Crippen molar-refractivity contribution in [2.45, 2.75) is 0 Å². The number of rotatable bonds is 6. The van der Waals surface area contributed by atoms with Crippen LogP contribution in [0.4, 0.5) is 5.69 Å². The number of hydrazone groups is 1. The number of nitrogens with one attached hydrogen (secondary N) is 2. The Kier molecular flexibility index (Phi) is 6.81. The molecule has 0 aliphatic rings. The molecule has 0 aliphatic carbocycles. The van der Waals surface area contributed by atoms with Gasteiger partial charge in [-0.25, -0.2) is 5.43 Å². The Morgan fingerprint density at radius 1 is 1.27 bits per heavy atom. The standard InChI is InChI=1S/C16H12BrClN4O4/c17-12-3-1-2-10(6-12)16(24)19-9-15(23)21-20-8-11-7-13(22(25)26)4-5-14(11)18/h1-8H,9H2,(H,19,24)(H,21,23)/b20-8+. The van der Waals surface area contributed by atoms with Gasteiger partial charge in [0.1, 0.15) is 0 Å². The van der Waals surface area contributed by atoms with Gasteiger partial charge in [-0.15, -0.1) is 0 Å². The maximum absolute atomic E-state index is 11.9. The van der Waals surface area contributed by atoms with E-state index in [4.69, 9.17) is 11.6 Å². The van der Waals surface area contributed by atoms with Gasteiger partial charge in [0.15, 0.2) is 0 Å². The van der Waals surface area contributed by atoms with Crippen LogP contribution in [0.1, 0.15) is 15.9 Å². The smallest absolute Gasteiger partial charge is 0.270 e. The summed E-state index contributed by atoms with van der Waals surface area (Å²) in [5, 5.41) is 17.1. The molecular weight excluding hydrogens is 428 g/mol. The number of carbonyl (C=O) groups is 2. The molecular formula is C16H12BrClN4O4. The third-order valence-corrected chi connectivity index (χ3v) is 3.92. The molecule has 10 heteroatoms. The van der Waals surface area contributed by atoms with Crippen molar-refractivity contribution in [3.63, 3.8) is 0 Å². The van der Waals surface area contributed by atoms with Gasteiger partial charge < -0.3 is 5.32 Å². The van der Waals surface area contributed by atoms with Crippen LogP contribution in [0.15, 0.2) is 52.0 Å². The fraction of sp³-hybridized carbons (Fsp3) is 0.0625. The van der Waals surface area contributed by atoms with E-state index in [1.54, 1.807) is 24.3 Å². The van der Waals surface area contributed by atoms with E-state index in [1.807, 2.05) is 0 Å². The molecule has 0 saturated carbocycles. The molecule has 0 aliphatic heterocycles. The van der Waals surface area contributed by atoms with Crippen LogP contribution < -0.4 is 10.7 Å². The van der Waals surface area contributed by atoms with Crippen molar-refractivity contribution in [3.8, 4) is 0 Å². The van der Waals surface area contributed by atoms with E-state index < -0.39 is 16.7 Å². The summed E-state index contributed by atoms with van der Waals surface area (Å²) in [5.41, 5.74) is 2.73. The molecule has 0 unspecified atom stereocenters. The second-order valence-electron chi connectivity index (χ2n) is 4.95. The maximum atomic E-state index is 11.9. The molecule has 2 aromatic rings. The lowest BCUT2D eigenvalue weighted by molar-refractivity contribution is -0.384. The van der Waals surface area contributed by atoms with Crippen LogP contribution in [0, 0.1) is 10.1 Å². The van der Waals surface area contributed by atoms with E-state index in [1.165, 1.54) is 24.4 Å². The molecule has 8 nitrogen and oxygen atoms in total. The normalized spacial score (nSPS) is 10.5. The quantitative estimate of drug-likeness (QED) is 0.409. The minimum absolute atomic E-state index is 0.150. The highest BCUT2D eigenvalue weighted by Gasteiger charge is 2.09. The van der Waals surface area contributed by atoms with Crippen molar-refractivity contribution in [2.24, 2.45) is 5.10 Å². The largest absolute Gasteiger partial charge is 0.343 e. The zero-order valence-corrected chi connectivity index (χ0v) is 15.5. The molecule has 0 radical (unpaired) electrons. The molecule has 0 heterocycles. The van der Waals surface area contributed by atoms with Crippen molar-refractivity contribution in [3.05, 3.63) is 73.2 Å². The van der Waals surface area contributed by atoms with Gasteiger partial charge in [-0.05, 0) is 24.3 Å². The highest BCUT2D eigenvalue weighted by molar-refractivity contribution is 9.10. The first-order valence-electron chi connectivity index (χ1n) is 7.16. The molecule has 0 fully saturated rings. The fourth-order valence-electron chi connectivity index (χ4n) is 1.85. The summed E-state index contributed by atoms with van der Waals surface area (Å²) in [4.78, 5) is 33.8. The summed E-state index contributed by atoms with van der Waals surface area (Å²) in [7, 11) is 0. The summed E-state index contributed by atoms with van der Waals surface area (Å²) in [6.07, 6.45) is 1.18. The number of amides is 2. The van der Waals surface area contributed by atoms with Gasteiger partial charge in [0.25, 0.3) is 17.5 Å². The van der Waals surface area contributed by atoms with Crippen molar-refractivity contribution < 1.29 is 14.5 Å². The summed E-state index contributed by atoms with van der Waals surface area (Å²) < 4.78 is 0.744. The average Bonchev–Trinajstić information content (AvgIpc) is 2.61. The second kappa shape index (κ2) is 9.07. The molecule has 134 valence electrons. The second-order valence-corrected chi connectivity index (χ2v) is 6.27. The number of halogens is 2. The number of carbonyl (C=O) groups excluding carboxylic acids is 2. The van der Waals surface area contributed by atoms with E-state index in [-0.39, 0.29) is 22.8 Å². The molecule has 2 N–H and O–H groups in total. The van der Waals surface area contributed by atoms with Crippen LogP contribution in [-0.4, -0.2) is 29.5 Å². The molecule has 2 amide bonds. The first-order chi connectivity index (χ1) is 12.4. The summed E-state index contributed by atoms with van der Waals surface area (Å²) in [5.74, 6) is -0.974. The molecule has 2 aromatic carbocycles. The number of benzene rings is 2. The van der Waals surface area contributed by atoms with Crippen LogP contribution in [-0.2, 0) is 4.79 Å². The minimum Gasteiger partial charge on any atom is -0.343 e. The summed E-state index contributed by atoms with van der Waals surface area (Å²) in [6.45, 7) is -0.286. The predicted octanol–water partition coefficient (Wildman–Crippen LogP) is 2.89. The Hall–Kier alpha value is -2.78. The topological polar surface area (TPSA) is 114 Å². The van der Waals surface area contributed by atoms with Gasteiger partial charge >= 0.3 is 0 Å². The van der Waals surface area contributed by atoms with Crippen LogP contribution in [0.2, 0.25) is 5.02 Å². The van der Waals surface area contributed by atoms with Crippen molar-refractivity contribution in [1.29, 1.82) is 0 Å². The van der Waals surface area contributed by atoms with E-state index in [2.05, 4.69) is 31.8 Å². The molecule has 0 aromatic heterocycles. The Bertz CT molecular complexity index is 888. The molecule has 0 bridgehead atoms. The Morgan fingerprint density at radius 3 is 2.73 bits per heavy atom. The number of hydrogen-bond donors (Lipinski definition) is 2. The molecule has 26 heavy (non-hydrogen) atoms. The lowest BCUT2D eigenvalue weighted by Gasteiger charge is -2.04. The van der Waals surface area contributed by atoms with Gasteiger partial charge in [-0.3, -0.25) is 19.7 Å². The van der Waals surface area contributed by atoms with E-state index in [9.17, 15) is 19.7 Å². The first-order valence-corrected chi connectivity index (χ1v) is 8.33. The van der Waals surface area contributed by atoms with Crippen molar-refractivity contribution in [1.82, 2.24) is 10.7 Å². The van der Waals surface area contributed by atoms with Crippen LogP contribution in [0.25, 0.3) is 0 Å². The lowest BCUT2D eigenvalue weighted by atomic mass is 10.2. The van der Waals surface area contributed by atoms with Gasteiger partial charge in [0.2, 0.25) is 0 Å². The third kappa shape index (κ3) is 5.64. The zero-order chi connectivity index (χ0) is 19.1. The lowest BCUT2D eigenvalue weighted by Crippen LogP contribution is -2.34. The minimum atomic E-state index is -0.566. The highest BCUT2D eigenvalue weighted by atomic mass is 79.9. The molecule has 0 spiro atoms. The number of hydrogen-bond acceptors (Lipinski definition) is 5. The van der Waals surface area contributed by atoms with Gasteiger partial charge in [-0.2, -0.15) is 5.10 Å². The SMILES string of the molecule is O=C(CNC(=O)c1cccc(Br)c1)N/N=C/c1cc([N+](=O)[O-])ccc1Cl. The zero-order valence-electron chi connectivity index (χ0n) is 13.1. The number of nitrogens with zero attached hydrogens (tertiary/aromatic N) is 2. The van der Waals surface area contributed by atoms with Gasteiger partial charge in [-0.1, -0.05) is 33.6 Å². The summed E-state index contributed by atoms with van der Waals surface area (Å²) in [6, 6.07) is 10.6. The first kappa shape index (κ1) is 19.5. The molecule has 2 rings (SSSR count). The predicted molar refractivity (Wildman–Crippen MR) is 100 cm³/mol. The van der Waals surface area contributed by atoms with Crippen LogP contribution >= 0.6 is 27.5 Å². The Morgan fingerprint density at radius 2 is 2.04 bits per heavy atom. The number of nitro benzene ring substituents is 1. The highest BCUT2D eigenvalue weighted by Crippen LogP contribution is 2.20. The van der Waals surface area contributed by atoms with Crippen LogP contribution in [0.5, 0.6) is 0 Å². The monoisotopic (exact) mass is 438 g/mol. The third-order valence-electron chi connectivity index (χ3n) is 3.08. The van der Waals surface area contributed by atoms with Gasteiger partial charge in [0.05, 0.1) is 17.7 Å². The Balaban J connectivity index is 1.89. The van der Waals surface area contributed by atoms with E-state index >= 15 is 0 Å². The maximum Gasteiger partial charge on any atom is 0.270 e.